The van der Waals surface area contributed by atoms with E-state index in [4.69, 9.17) is 23.2 Å². The summed E-state index contributed by atoms with van der Waals surface area (Å²) in [6.45, 7) is 6.87. The lowest BCUT2D eigenvalue weighted by atomic mass is 9.92. The molecule has 3 nitrogen and oxygen atoms in total. The van der Waals surface area contributed by atoms with E-state index < -0.39 is 0 Å². The molecule has 1 heterocycles. The average Bonchev–Trinajstić information content (AvgIpc) is 2.71. The largest absolute Gasteiger partial charge is 0.349 e. The van der Waals surface area contributed by atoms with Crippen LogP contribution in [0.3, 0.4) is 0 Å². The van der Waals surface area contributed by atoms with Crippen LogP contribution in [0.1, 0.15) is 50.3 Å². The zero-order valence-electron chi connectivity index (χ0n) is 17.2. The second kappa shape index (κ2) is 10.5. The lowest BCUT2D eigenvalue weighted by molar-refractivity contribution is -0.127. The Morgan fingerprint density at radius 1 is 1.03 bits per heavy atom. The molecule has 1 N–H and O–H groups in total. The molecule has 1 aliphatic heterocycles. The van der Waals surface area contributed by atoms with Crippen molar-refractivity contribution in [1.29, 1.82) is 0 Å². The van der Waals surface area contributed by atoms with Gasteiger partial charge in [-0.25, -0.2) is 0 Å². The minimum atomic E-state index is 0.0614. The molecule has 1 aliphatic rings. The highest BCUT2D eigenvalue weighted by molar-refractivity contribution is 6.35. The van der Waals surface area contributed by atoms with Crippen LogP contribution in [-0.2, 0) is 11.3 Å². The number of amides is 1. The maximum Gasteiger partial charge on any atom is 0.223 e. The molecule has 1 fully saturated rings. The van der Waals surface area contributed by atoms with Crippen LogP contribution in [-0.4, -0.2) is 23.9 Å². The number of nitrogens with one attached hydrogen (secondary N) is 1. The minimum absolute atomic E-state index is 0.0614. The van der Waals surface area contributed by atoms with Gasteiger partial charge >= 0.3 is 0 Å². The average molecular weight is 433 g/mol. The first-order chi connectivity index (χ1) is 13.9. The van der Waals surface area contributed by atoms with Crippen molar-refractivity contribution in [2.75, 3.05) is 13.1 Å². The maximum absolute atomic E-state index is 13.0. The van der Waals surface area contributed by atoms with Crippen molar-refractivity contribution in [3.05, 3.63) is 69.7 Å². The Morgan fingerprint density at radius 3 is 2.24 bits per heavy atom. The number of carbonyl (C=O) groups is 1. The lowest BCUT2D eigenvalue weighted by Crippen LogP contribution is -2.41. The number of hydrogen-bond acceptors (Lipinski definition) is 2. The smallest absolute Gasteiger partial charge is 0.223 e. The van der Waals surface area contributed by atoms with Gasteiger partial charge in [0.15, 0.2) is 0 Å². The molecule has 5 heteroatoms. The zero-order valence-corrected chi connectivity index (χ0v) is 18.7. The molecule has 0 saturated carbocycles. The second-order valence-electron chi connectivity index (χ2n) is 8.35. The van der Waals surface area contributed by atoms with Crippen molar-refractivity contribution in [1.82, 2.24) is 10.2 Å². The summed E-state index contributed by atoms with van der Waals surface area (Å²) in [5.74, 6) is 0.754. The predicted molar refractivity (Wildman–Crippen MR) is 121 cm³/mol. The standard InChI is InChI=1S/C24H30Cl2N2O/c1-17(2)15-23(18-7-4-3-5-8-18)27-24(29)19-11-13-28(14-12-19)16-20-21(25)9-6-10-22(20)26/h3-10,17,19,23H,11-16H2,1-2H3,(H,27,29)/t23-/m0/s1. The van der Waals surface area contributed by atoms with E-state index in [2.05, 4.69) is 36.2 Å². The summed E-state index contributed by atoms with van der Waals surface area (Å²) in [6.07, 6.45) is 2.66. The van der Waals surface area contributed by atoms with Crippen molar-refractivity contribution in [2.24, 2.45) is 11.8 Å². The Morgan fingerprint density at radius 2 is 1.66 bits per heavy atom. The first-order valence-corrected chi connectivity index (χ1v) is 11.2. The SMILES string of the molecule is CC(C)C[C@H](NC(=O)C1CCN(Cc2c(Cl)cccc2Cl)CC1)c1ccccc1. The maximum atomic E-state index is 13.0. The molecule has 1 atom stereocenters. The number of hydrogen-bond donors (Lipinski definition) is 1. The van der Waals surface area contributed by atoms with Gasteiger partial charge in [0.25, 0.3) is 0 Å². The summed E-state index contributed by atoms with van der Waals surface area (Å²) in [5.41, 5.74) is 2.15. The molecule has 2 aromatic rings. The van der Waals surface area contributed by atoms with Crippen LogP contribution < -0.4 is 5.32 Å². The van der Waals surface area contributed by atoms with E-state index >= 15 is 0 Å². The number of likely N-dealkylation sites (tertiary alicyclic amines) is 1. The van der Waals surface area contributed by atoms with E-state index in [0.29, 0.717) is 16.0 Å². The summed E-state index contributed by atoms with van der Waals surface area (Å²) in [6, 6.07) is 16.0. The number of piperidine rings is 1. The molecule has 0 unspecified atom stereocenters. The van der Waals surface area contributed by atoms with Crippen molar-refractivity contribution < 1.29 is 4.79 Å². The molecule has 0 aliphatic carbocycles. The van der Waals surface area contributed by atoms with Crippen LogP contribution in [0.25, 0.3) is 0 Å². The summed E-state index contributed by atoms with van der Waals surface area (Å²) in [5, 5.41) is 4.73. The van der Waals surface area contributed by atoms with Gasteiger partial charge in [0.1, 0.15) is 0 Å². The summed E-state index contributed by atoms with van der Waals surface area (Å²) in [4.78, 5) is 15.3. The molecule has 1 amide bonds. The van der Waals surface area contributed by atoms with Gasteiger partial charge < -0.3 is 5.32 Å². The molecule has 1 saturated heterocycles. The van der Waals surface area contributed by atoms with E-state index in [1.165, 1.54) is 5.56 Å². The minimum Gasteiger partial charge on any atom is -0.349 e. The lowest BCUT2D eigenvalue weighted by Gasteiger charge is -2.33. The van der Waals surface area contributed by atoms with Crippen LogP contribution in [0.15, 0.2) is 48.5 Å². The fourth-order valence-electron chi connectivity index (χ4n) is 3.98. The van der Waals surface area contributed by atoms with Gasteiger partial charge in [-0.05, 0) is 56.0 Å². The highest BCUT2D eigenvalue weighted by atomic mass is 35.5. The van der Waals surface area contributed by atoms with Gasteiger partial charge in [-0.2, -0.15) is 0 Å². The van der Waals surface area contributed by atoms with Crippen LogP contribution >= 0.6 is 23.2 Å². The van der Waals surface area contributed by atoms with E-state index in [-0.39, 0.29) is 17.9 Å². The van der Waals surface area contributed by atoms with Crippen LogP contribution in [0, 0.1) is 11.8 Å². The molecule has 0 bridgehead atoms. The number of nitrogens with zero attached hydrogens (tertiary/aromatic N) is 1. The second-order valence-corrected chi connectivity index (χ2v) is 9.17. The summed E-state index contributed by atoms with van der Waals surface area (Å²) < 4.78 is 0. The number of carbonyl (C=O) groups excluding carboxylic acids is 1. The van der Waals surface area contributed by atoms with E-state index in [9.17, 15) is 4.79 Å². The Labute approximate surface area is 184 Å². The molecule has 0 radical (unpaired) electrons. The fraction of sp³-hybridized carbons (Fsp3) is 0.458. The van der Waals surface area contributed by atoms with Crippen molar-refractivity contribution in [3.63, 3.8) is 0 Å². The zero-order chi connectivity index (χ0) is 20.8. The monoisotopic (exact) mass is 432 g/mol. The van der Waals surface area contributed by atoms with Gasteiger partial charge in [-0.15, -0.1) is 0 Å². The molecule has 3 rings (SSSR count). The van der Waals surface area contributed by atoms with Crippen molar-refractivity contribution in [2.45, 2.75) is 45.7 Å². The molecule has 0 aromatic heterocycles. The van der Waals surface area contributed by atoms with Gasteiger partial charge in [-0.3, -0.25) is 9.69 Å². The Balaban J connectivity index is 1.56. The highest BCUT2D eigenvalue weighted by Crippen LogP contribution is 2.28. The Kier molecular flexibility index (Phi) is 7.99. The molecule has 2 aromatic carbocycles. The van der Waals surface area contributed by atoms with Gasteiger partial charge in [0, 0.05) is 28.1 Å². The molecule has 0 spiro atoms. The number of halogens is 2. The quantitative estimate of drug-likeness (QED) is 0.572. The van der Waals surface area contributed by atoms with Gasteiger partial charge in [-0.1, -0.05) is 73.4 Å². The van der Waals surface area contributed by atoms with E-state index in [1.807, 2.05) is 36.4 Å². The number of rotatable bonds is 7. The third kappa shape index (κ3) is 6.21. The first kappa shape index (κ1) is 22.1. The van der Waals surface area contributed by atoms with Crippen molar-refractivity contribution >= 4 is 29.1 Å². The third-order valence-corrected chi connectivity index (χ3v) is 6.34. The predicted octanol–water partition coefficient (Wildman–Crippen LogP) is 6.11. The molecule has 29 heavy (non-hydrogen) atoms. The summed E-state index contributed by atoms with van der Waals surface area (Å²) in [7, 11) is 0. The molecular formula is C24H30Cl2N2O. The highest BCUT2D eigenvalue weighted by Gasteiger charge is 2.27. The molecule has 156 valence electrons. The fourth-order valence-corrected chi connectivity index (χ4v) is 4.50. The normalized spacial score (nSPS) is 16.7. The first-order valence-electron chi connectivity index (χ1n) is 10.4. The van der Waals surface area contributed by atoms with Gasteiger partial charge in [0.2, 0.25) is 5.91 Å². The summed E-state index contributed by atoms with van der Waals surface area (Å²) >= 11 is 12.6. The Hall–Kier alpha value is -1.55. The van der Waals surface area contributed by atoms with E-state index in [0.717, 1.165) is 44.5 Å². The van der Waals surface area contributed by atoms with Crippen molar-refractivity contribution in [3.8, 4) is 0 Å². The van der Waals surface area contributed by atoms with Gasteiger partial charge in [0.05, 0.1) is 6.04 Å². The van der Waals surface area contributed by atoms with Crippen LogP contribution in [0.4, 0.5) is 0 Å². The third-order valence-electron chi connectivity index (χ3n) is 5.63. The molecular weight excluding hydrogens is 403 g/mol. The van der Waals surface area contributed by atoms with Crippen LogP contribution in [0.5, 0.6) is 0 Å². The Bertz CT molecular complexity index is 782. The van der Waals surface area contributed by atoms with E-state index in [1.54, 1.807) is 0 Å². The number of benzene rings is 2. The topological polar surface area (TPSA) is 32.3 Å². The van der Waals surface area contributed by atoms with Crippen LogP contribution in [0.2, 0.25) is 10.0 Å².